The number of rotatable bonds is 10. The van der Waals surface area contributed by atoms with Crippen molar-refractivity contribution >= 4 is 5.97 Å². The third kappa shape index (κ3) is 6.99. The molecule has 0 radical (unpaired) electrons. The summed E-state index contributed by atoms with van der Waals surface area (Å²) in [6.07, 6.45) is 10.7. The summed E-state index contributed by atoms with van der Waals surface area (Å²) in [7, 11) is 0. The van der Waals surface area contributed by atoms with Gasteiger partial charge in [0, 0.05) is 5.57 Å². The number of hydrogen-bond donors (Lipinski definition) is 1. The number of hydrogen-bond acceptors (Lipinski definition) is 5. The van der Waals surface area contributed by atoms with Crippen molar-refractivity contribution < 1.29 is 24.1 Å². The van der Waals surface area contributed by atoms with Crippen molar-refractivity contribution in [3.8, 4) is 11.5 Å². The van der Waals surface area contributed by atoms with E-state index in [-0.39, 0.29) is 26.4 Å². The van der Waals surface area contributed by atoms with Crippen molar-refractivity contribution in [2.75, 3.05) is 26.4 Å². The molecule has 0 saturated heterocycles. The van der Waals surface area contributed by atoms with Gasteiger partial charge in [-0.2, -0.15) is 0 Å². The highest BCUT2D eigenvalue weighted by molar-refractivity contribution is 5.86. The van der Waals surface area contributed by atoms with Gasteiger partial charge in [0.1, 0.15) is 19.8 Å². The molecule has 0 aromatic heterocycles. The van der Waals surface area contributed by atoms with Gasteiger partial charge in [-0.15, -0.1) is 0 Å². The van der Waals surface area contributed by atoms with E-state index in [0.29, 0.717) is 23.0 Å². The number of benzene rings is 1. The van der Waals surface area contributed by atoms with E-state index >= 15 is 0 Å². The Bertz CT molecular complexity index is 742. The number of ether oxygens (including phenoxy) is 3. The smallest absolute Gasteiger partial charge is 0.333 e. The van der Waals surface area contributed by atoms with E-state index < -0.39 is 5.97 Å². The molecule has 2 fully saturated rings. The standard InChI is InChI=1S/C27H40O5/c1-19(2)27(29)32-17-16-31-26-18-24(12-13-25(26)30-15-14-28)23-10-8-22(9-11-23)21-6-4-20(3)5-7-21/h12-13,18,20-23,28H,1,4-11,14-17H2,2-3H3. The van der Waals surface area contributed by atoms with Crippen LogP contribution in [0.5, 0.6) is 11.5 Å². The number of aliphatic hydroxyl groups is 1. The second-order valence-corrected chi connectivity index (χ2v) is 9.67. The molecular formula is C27H40O5. The van der Waals surface area contributed by atoms with Crippen LogP contribution in [0.4, 0.5) is 0 Å². The summed E-state index contributed by atoms with van der Waals surface area (Å²) >= 11 is 0. The summed E-state index contributed by atoms with van der Waals surface area (Å²) in [5.41, 5.74) is 1.66. The molecule has 5 heteroatoms. The van der Waals surface area contributed by atoms with Crippen LogP contribution in [0.3, 0.4) is 0 Å². The molecule has 0 aliphatic heterocycles. The Labute approximate surface area is 193 Å². The lowest BCUT2D eigenvalue weighted by Crippen LogP contribution is -2.24. The maximum atomic E-state index is 11.6. The zero-order chi connectivity index (χ0) is 22.9. The van der Waals surface area contributed by atoms with E-state index in [1.165, 1.54) is 56.9 Å². The predicted molar refractivity (Wildman–Crippen MR) is 126 cm³/mol. The first-order valence-corrected chi connectivity index (χ1v) is 12.3. The zero-order valence-corrected chi connectivity index (χ0v) is 19.8. The van der Waals surface area contributed by atoms with Gasteiger partial charge in [0.25, 0.3) is 0 Å². The average Bonchev–Trinajstić information content (AvgIpc) is 2.81. The first-order chi connectivity index (χ1) is 15.5. The SMILES string of the molecule is C=C(C)C(=O)OCCOc1cc(C2CCC(C3CCC(C)CC3)CC2)ccc1OCCO. The molecule has 0 heterocycles. The van der Waals surface area contributed by atoms with Crippen molar-refractivity contribution in [3.63, 3.8) is 0 Å². The monoisotopic (exact) mass is 444 g/mol. The highest BCUT2D eigenvalue weighted by Crippen LogP contribution is 2.44. The van der Waals surface area contributed by atoms with Crippen LogP contribution < -0.4 is 9.47 Å². The van der Waals surface area contributed by atoms with Crippen LogP contribution >= 0.6 is 0 Å². The van der Waals surface area contributed by atoms with Gasteiger partial charge in [0.15, 0.2) is 11.5 Å². The van der Waals surface area contributed by atoms with Gasteiger partial charge in [-0.25, -0.2) is 4.79 Å². The van der Waals surface area contributed by atoms with E-state index in [2.05, 4.69) is 25.6 Å². The Hall–Kier alpha value is -2.01. The lowest BCUT2D eigenvalue weighted by atomic mass is 9.68. The molecule has 0 atom stereocenters. The fourth-order valence-electron chi connectivity index (χ4n) is 5.26. The van der Waals surface area contributed by atoms with E-state index in [4.69, 9.17) is 19.3 Å². The average molecular weight is 445 g/mol. The molecule has 0 amide bonds. The van der Waals surface area contributed by atoms with Gasteiger partial charge in [0.2, 0.25) is 0 Å². The molecule has 0 unspecified atom stereocenters. The Kier molecular flexibility index (Phi) is 9.46. The first kappa shape index (κ1) is 24.6. The molecule has 1 aromatic rings. The molecule has 0 bridgehead atoms. The van der Waals surface area contributed by atoms with Crippen LogP contribution in [0.1, 0.15) is 76.7 Å². The molecule has 2 saturated carbocycles. The molecule has 5 nitrogen and oxygen atoms in total. The normalized spacial score (nSPS) is 25.7. The quantitative estimate of drug-likeness (QED) is 0.287. The minimum absolute atomic E-state index is 0.0542. The van der Waals surface area contributed by atoms with E-state index in [1.54, 1.807) is 6.92 Å². The minimum Gasteiger partial charge on any atom is -0.487 e. The van der Waals surface area contributed by atoms with Crippen LogP contribution in [-0.4, -0.2) is 37.5 Å². The number of esters is 1. The highest BCUT2D eigenvalue weighted by atomic mass is 16.6. The second kappa shape index (κ2) is 12.3. The maximum Gasteiger partial charge on any atom is 0.333 e. The van der Waals surface area contributed by atoms with Crippen LogP contribution in [0, 0.1) is 17.8 Å². The van der Waals surface area contributed by atoms with Crippen molar-refractivity contribution in [1.82, 2.24) is 0 Å². The fraction of sp³-hybridized carbons (Fsp3) is 0.667. The predicted octanol–water partition coefficient (Wildman–Crippen LogP) is 5.66. The van der Waals surface area contributed by atoms with Crippen molar-refractivity contribution in [3.05, 3.63) is 35.9 Å². The highest BCUT2D eigenvalue weighted by Gasteiger charge is 2.30. The van der Waals surface area contributed by atoms with Gasteiger partial charge in [-0.3, -0.25) is 0 Å². The fourth-order valence-corrected chi connectivity index (χ4v) is 5.26. The summed E-state index contributed by atoms with van der Waals surface area (Å²) in [4.78, 5) is 11.6. The molecule has 32 heavy (non-hydrogen) atoms. The van der Waals surface area contributed by atoms with E-state index in [0.717, 1.165) is 17.8 Å². The van der Waals surface area contributed by atoms with Crippen LogP contribution in [0.25, 0.3) is 0 Å². The Balaban J connectivity index is 1.57. The molecule has 2 aliphatic rings. The van der Waals surface area contributed by atoms with E-state index in [1.807, 2.05) is 6.07 Å². The molecule has 0 spiro atoms. The van der Waals surface area contributed by atoms with Gasteiger partial charge in [-0.05, 0) is 86.8 Å². The molecule has 1 aromatic carbocycles. The number of aliphatic hydroxyl groups excluding tert-OH is 1. The second-order valence-electron chi connectivity index (χ2n) is 9.67. The third-order valence-electron chi connectivity index (χ3n) is 7.21. The summed E-state index contributed by atoms with van der Waals surface area (Å²) in [5.74, 6) is 4.13. The van der Waals surface area contributed by atoms with E-state index in [9.17, 15) is 4.79 Å². The van der Waals surface area contributed by atoms with Crippen LogP contribution in [-0.2, 0) is 9.53 Å². The van der Waals surface area contributed by atoms with Gasteiger partial charge in [0.05, 0.1) is 6.61 Å². The molecule has 3 rings (SSSR count). The Morgan fingerprint density at radius 2 is 1.56 bits per heavy atom. The lowest BCUT2D eigenvalue weighted by molar-refractivity contribution is -0.139. The van der Waals surface area contributed by atoms with Gasteiger partial charge in [-0.1, -0.05) is 32.4 Å². The summed E-state index contributed by atoms with van der Waals surface area (Å²) in [6, 6.07) is 6.14. The van der Waals surface area contributed by atoms with Crippen molar-refractivity contribution in [2.45, 2.75) is 71.1 Å². The van der Waals surface area contributed by atoms with Gasteiger partial charge < -0.3 is 19.3 Å². The van der Waals surface area contributed by atoms with Crippen LogP contribution in [0.2, 0.25) is 0 Å². The maximum absolute atomic E-state index is 11.6. The largest absolute Gasteiger partial charge is 0.487 e. The third-order valence-corrected chi connectivity index (χ3v) is 7.21. The summed E-state index contributed by atoms with van der Waals surface area (Å²) < 4.78 is 16.7. The van der Waals surface area contributed by atoms with Crippen molar-refractivity contribution in [1.29, 1.82) is 0 Å². The number of carbonyl (C=O) groups excluding carboxylic acids is 1. The molecule has 1 N–H and O–H groups in total. The topological polar surface area (TPSA) is 65.0 Å². The van der Waals surface area contributed by atoms with Crippen molar-refractivity contribution in [2.24, 2.45) is 17.8 Å². The lowest BCUT2D eigenvalue weighted by Gasteiger charge is -2.37. The molecule has 2 aliphatic carbocycles. The van der Waals surface area contributed by atoms with Gasteiger partial charge >= 0.3 is 5.97 Å². The number of carbonyl (C=O) groups is 1. The Morgan fingerprint density at radius 1 is 0.938 bits per heavy atom. The first-order valence-electron chi connectivity index (χ1n) is 12.3. The molecular weight excluding hydrogens is 404 g/mol. The van der Waals surface area contributed by atoms with Crippen LogP contribution in [0.15, 0.2) is 30.4 Å². The Morgan fingerprint density at radius 3 is 2.19 bits per heavy atom. The molecule has 178 valence electrons. The minimum atomic E-state index is -0.414. The summed E-state index contributed by atoms with van der Waals surface area (Å²) in [6.45, 7) is 8.15. The zero-order valence-electron chi connectivity index (χ0n) is 19.8. The summed E-state index contributed by atoms with van der Waals surface area (Å²) in [5, 5.41) is 9.12.